The van der Waals surface area contributed by atoms with E-state index in [9.17, 15) is 14.7 Å². The first-order chi connectivity index (χ1) is 8.21. The molecule has 0 radical (unpaired) electrons. The first kappa shape index (κ1) is 13.1. The Bertz CT molecular complexity index is 494. The van der Waals surface area contributed by atoms with Crippen LogP contribution in [0.5, 0.6) is 0 Å². The van der Waals surface area contributed by atoms with Gasteiger partial charge in [0.05, 0.1) is 0 Å². The summed E-state index contributed by atoms with van der Waals surface area (Å²) in [6, 6.07) is 0. The molecule has 0 aliphatic heterocycles. The summed E-state index contributed by atoms with van der Waals surface area (Å²) in [7, 11) is 0. The molecule has 1 unspecified atom stereocenters. The smallest absolute Gasteiger partial charge is 0.224 e. The summed E-state index contributed by atoms with van der Waals surface area (Å²) in [5, 5.41) is 9.80. The van der Waals surface area contributed by atoms with Gasteiger partial charge in [-0.05, 0) is 31.3 Å². The zero-order valence-corrected chi connectivity index (χ0v) is 11.5. The highest BCUT2D eigenvalue weighted by molar-refractivity contribution is 6.22. The zero-order chi connectivity index (χ0) is 13.7. The molecule has 1 saturated carbocycles. The van der Waals surface area contributed by atoms with Crippen LogP contribution in [0.3, 0.4) is 0 Å². The SMILES string of the molecule is CC1=C(O)C(=O)C(C2(C)CCCC2(C)C)=CC1=O. The largest absolute Gasteiger partial charge is 0.504 e. The first-order valence-corrected chi connectivity index (χ1v) is 6.42. The molecule has 2 aliphatic rings. The lowest BCUT2D eigenvalue weighted by molar-refractivity contribution is -0.119. The van der Waals surface area contributed by atoms with E-state index in [4.69, 9.17) is 0 Å². The third-order valence-corrected chi connectivity index (χ3v) is 5.03. The van der Waals surface area contributed by atoms with Crippen molar-refractivity contribution < 1.29 is 14.7 Å². The monoisotopic (exact) mass is 248 g/mol. The van der Waals surface area contributed by atoms with Crippen LogP contribution in [0.2, 0.25) is 0 Å². The Morgan fingerprint density at radius 1 is 1.17 bits per heavy atom. The molecule has 0 heterocycles. The lowest BCUT2D eigenvalue weighted by Gasteiger charge is -2.40. The van der Waals surface area contributed by atoms with E-state index in [1.807, 2.05) is 6.92 Å². The molecule has 2 aliphatic carbocycles. The Labute approximate surface area is 108 Å². The molecule has 1 N–H and O–H groups in total. The summed E-state index contributed by atoms with van der Waals surface area (Å²) in [6.07, 6.45) is 4.40. The molecule has 0 aromatic rings. The molecule has 18 heavy (non-hydrogen) atoms. The Morgan fingerprint density at radius 2 is 1.78 bits per heavy atom. The topological polar surface area (TPSA) is 54.4 Å². The van der Waals surface area contributed by atoms with Crippen molar-refractivity contribution in [1.82, 2.24) is 0 Å². The van der Waals surface area contributed by atoms with E-state index in [2.05, 4.69) is 13.8 Å². The minimum Gasteiger partial charge on any atom is -0.504 e. The lowest BCUT2D eigenvalue weighted by Crippen LogP contribution is -2.37. The van der Waals surface area contributed by atoms with E-state index >= 15 is 0 Å². The molecule has 0 aromatic carbocycles. The van der Waals surface area contributed by atoms with Gasteiger partial charge in [0.15, 0.2) is 11.5 Å². The summed E-state index contributed by atoms with van der Waals surface area (Å²) >= 11 is 0. The summed E-state index contributed by atoms with van der Waals surface area (Å²) in [5.74, 6) is -0.989. The van der Waals surface area contributed by atoms with Gasteiger partial charge in [-0.2, -0.15) is 0 Å². The highest BCUT2D eigenvalue weighted by Gasteiger charge is 2.50. The second kappa shape index (κ2) is 3.81. The summed E-state index contributed by atoms with van der Waals surface area (Å²) in [6.45, 7) is 7.78. The van der Waals surface area contributed by atoms with Crippen molar-refractivity contribution in [1.29, 1.82) is 0 Å². The number of allylic oxidation sites excluding steroid dienone is 3. The van der Waals surface area contributed by atoms with Gasteiger partial charge in [0.25, 0.3) is 0 Å². The Balaban J connectivity index is 2.51. The number of rotatable bonds is 1. The predicted molar refractivity (Wildman–Crippen MR) is 69.2 cm³/mol. The van der Waals surface area contributed by atoms with E-state index in [0.717, 1.165) is 19.3 Å². The van der Waals surface area contributed by atoms with Crippen LogP contribution in [0.15, 0.2) is 23.0 Å². The molecule has 3 nitrogen and oxygen atoms in total. The molecule has 3 heteroatoms. The number of hydrogen-bond acceptors (Lipinski definition) is 3. The van der Waals surface area contributed by atoms with E-state index < -0.39 is 0 Å². The third kappa shape index (κ3) is 1.57. The molecule has 0 bridgehead atoms. The van der Waals surface area contributed by atoms with Crippen LogP contribution >= 0.6 is 0 Å². The first-order valence-electron chi connectivity index (χ1n) is 6.42. The number of carbonyl (C=O) groups excluding carboxylic acids is 2. The quantitative estimate of drug-likeness (QED) is 0.725. The van der Waals surface area contributed by atoms with Gasteiger partial charge in [-0.3, -0.25) is 9.59 Å². The fraction of sp³-hybridized carbons (Fsp3) is 0.600. The van der Waals surface area contributed by atoms with Crippen molar-refractivity contribution in [2.45, 2.75) is 47.0 Å². The van der Waals surface area contributed by atoms with E-state index in [1.165, 1.54) is 13.0 Å². The van der Waals surface area contributed by atoms with Crippen molar-refractivity contribution >= 4 is 11.6 Å². The predicted octanol–water partition coefficient (Wildman–Crippen LogP) is 3.11. The minimum atomic E-state index is -0.374. The van der Waals surface area contributed by atoms with Gasteiger partial charge in [0, 0.05) is 16.6 Å². The van der Waals surface area contributed by atoms with E-state index in [-0.39, 0.29) is 33.7 Å². The number of carbonyl (C=O) groups is 2. The standard InChI is InChI=1S/C15H20O3/c1-9-11(16)8-10(13(18)12(9)17)15(4)7-5-6-14(15,2)3/h8,17H,5-7H2,1-4H3. The van der Waals surface area contributed by atoms with Crippen LogP contribution in [0.4, 0.5) is 0 Å². The second-order valence-electron chi connectivity index (χ2n) is 6.29. The van der Waals surface area contributed by atoms with Crippen LogP contribution in [0, 0.1) is 10.8 Å². The molecule has 0 aromatic heterocycles. The van der Waals surface area contributed by atoms with Crippen molar-refractivity contribution in [2.24, 2.45) is 10.8 Å². The maximum Gasteiger partial charge on any atom is 0.224 e. The molecule has 0 amide bonds. The molecular weight excluding hydrogens is 228 g/mol. The molecule has 1 fully saturated rings. The van der Waals surface area contributed by atoms with Gasteiger partial charge < -0.3 is 5.11 Å². The number of aliphatic hydroxyl groups excluding tert-OH is 1. The van der Waals surface area contributed by atoms with Crippen molar-refractivity contribution in [3.63, 3.8) is 0 Å². The summed E-state index contributed by atoms with van der Waals surface area (Å²) in [4.78, 5) is 24.1. The minimum absolute atomic E-state index is 0.0275. The maximum absolute atomic E-state index is 12.2. The second-order valence-corrected chi connectivity index (χ2v) is 6.29. The molecule has 98 valence electrons. The molecule has 1 atom stereocenters. The van der Waals surface area contributed by atoms with Gasteiger partial charge in [0.1, 0.15) is 0 Å². The normalized spacial score (nSPS) is 31.9. The van der Waals surface area contributed by atoms with Crippen molar-refractivity contribution in [2.75, 3.05) is 0 Å². The van der Waals surface area contributed by atoms with Crippen LogP contribution in [0.1, 0.15) is 47.0 Å². The van der Waals surface area contributed by atoms with Gasteiger partial charge >= 0.3 is 0 Å². The van der Waals surface area contributed by atoms with Crippen molar-refractivity contribution in [3.8, 4) is 0 Å². The highest BCUT2D eigenvalue weighted by atomic mass is 16.3. The number of hydrogen-bond donors (Lipinski definition) is 1. The van der Waals surface area contributed by atoms with Gasteiger partial charge in [-0.15, -0.1) is 0 Å². The summed E-state index contributed by atoms with van der Waals surface area (Å²) < 4.78 is 0. The number of Topliss-reactive ketones (excluding diaryl/α,β-unsaturated/α-hetero) is 1. The van der Waals surface area contributed by atoms with E-state index in [0.29, 0.717) is 5.57 Å². The fourth-order valence-electron chi connectivity index (χ4n) is 3.13. The molecule has 0 spiro atoms. The van der Waals surface area contributed by atoms with E-state index in [1.54, 1.807) is 0 Å². The average Bonchev–Trinajstić information content (AvgIpc) is 2.56. The molecular formula is C15H20O3. The number of ketones is 2. The van der Waals surface area contributed by atoms with Gasteiger partial charge in [0.2, 0.25) is 5.78 Å². The van der Waals surface area contributed by atoms with Crippen LogP contribution in [-0.4, -0.2) is 16.7 Å². The van der Waals surface area contributed by atoms with Gasteiger partial charge in [-0.1, -0.05) is 27.2 Å². The highest BCUT2D eigenvalue weighted by Crippen LogP contribution is 2.57. The maximum atomic E-state index is 12.2. The Hall–Kier alpha value is -1.38. The van der Waals surface area contributed by atoms with Crippen LogP contribution < -0.4 is 0 Å². The molecule has 0 saturated heterocycles. The van der Waals surface area contributed by atoms with Gasteiger partial charge in [-0.25, -0.2) is 0 Å². The lowest BCUT2D eigenvalue weighted by atomic mass is 9.62. The summed E-state index contributed by atoms with van der Waals surface area (Å²) in [5.41, 5.74) is 0.288. The Kier molecular flexibility index (Phi) is 2.76. The third-order valence-electron chi connectivity index (χ3n) is 5.03. The Morgan fingerprint density at radius 3 is 2.28 bits per heavy atom. The fourth-order valence-corrected chi connectivity index (χ4v) is 3.13. The average molecular weight is 248 g/mol. The zero-order valence-electron chi connectivity index (χ0n) is 11.5. The van der Waals surface area contributed by atoms with Crippen molar-refractivity contribution in [3.05, 3.63) is 23.0 Å². The molecule has 2 rings (SSSR count). The number of aliphatic hydroxyl groups is 1. The van der Waals surface area contributed by atoms with Crippen LogP contribution in [0.25, 0.3) is 0 Å². The van der Waals surface area contributed by atoms with Crippen LogP contribution in [-0.2, 0) is 9.59 Å².